The second kappa shape index (κ2) is 9.54. The van der Waals surface area contributed by atoms with Crippen molar-refractivity contribution in [3.63, 3.8) is 0 Å². The Hall–Kier alpha value is -2.83. The van der Waals surface area contributed by atoms with Crippen molar-refractivity contribution >= 4 is 28.8 Å². The summed E-state index contributed by atoms with van der Waals surface area (Å²) in [6.45, 7) is 0.464. The highest BCUT2D eigenvalue weighted by Gasteiger charge is 2.19. The normalized spacial score (nSPS) is 18.5. The number of hydrogen-bond donors (Lipinski definition) is 4. The maximum atomic E-state index is 13.4. The summed E-state index contributed by atoms with van der Waals surface area (Å²) in [7, 11) is 0. The van der Waals surface area contributed by atoms with Crippen LogP contribution < -0.4 is 22.1 Å². The highest BCUT2D eigenvalue weighted by atomic mass is 35.5. The minimum atomic E-state index is -0.260. The number of benzene rings is 2. The van der Waals surface area contributed by atoms with Crippen molar-refractivity contribution in [2.45, 2.75) is 44.3 Å². The lowest BCUT2D eigenvalue weighted by molar-refractivity contribution is 0.410. The topological polar surface area (TPSA) is 89.0 Å². The zero-order chi connectivity index (χ0) is 21.8. The van der Waals surface area contributed by atoms with Gasteiger partial charge in [-0.15, -0.1) is 0 Å². The summed E-state index contributed by atoms with van der Waals surface area (Å²) < 4.78 is 13.4. The summed E-state index contributed by atoms with van der Waals surface area (Å²) in [5, 5.41) is 7.37. The van der Waals surface area contributed by atoms with Crippen LogP contribution >= 0.6 is 11.6 Å². The van der Waals surface area contributed by atoms with Crippen LogP contribution in [-0.2, 0) is 6.54 Å². The van der Waals surface area contributed by atoms with Crippen LogP contribution in [0.5, 0.6) is 0 Å². The van der Waals surface area contributed by atoms with Gasteiger partial charge < -0.3 is 22.1 Å². The van der Waals surface area contributed by atoms with E-state index in [9.17, 15) is 4.39 Å². The number of nitrogen functional groups attached to an aromatic ring is 1. The Morgan fingerprint density at radius 1 is 1.06 bits per heavy atom. The fourth-order valence-corrected chi connectivity index (χ4v) is 4.15. The van der Waals surface area contributed by atoms with Gasteiger partial charge in [-0.1, -0.05) is 29.8 Å². The van der Waals surface area contributed by atoms with Gasteiger partial charge in [0.2, 0.25) is 0 Å². The predicted octanol–water partition coefficient (Wildman–Crippen LogP) is 5.42. The molecule has 162 valence electrons. The third kappa shape index (κ3) is 5.46. The molecule has 31 heavy (non-hydrogen) atoms. The summed E-state index contributed by atoms with van der Waals surface area (Å²) >= 11 is 6.47. The molecule has 1 fully saturated rings. The number of nitrogens with two attached hydrogens (primary N) is 2. The van der Waals surface area contributed by atoms with Crippen LogP contribution in [0.25, 0.3) is 11.1 Å². The van der Waals surface area contributed by atoms with Gasteiger partial charge in [0.05, 0.1) is 16.4 Å². The largest absolute Gasteiger partial charge is 0.397 e. The molecule has 1 aliphatic rings. The molecular formula is C24H27ClFN5. The Morgan fingerprint density at radius 2 is 1.87 bits per heavy atom. The minimum Gasteiger partial charge on any atom is -0.397 e. The lowest BCUT2D eigenvalue weighted by atomic mass is 9.92. The Balaban J connectivity index is 1.52. The van der Waals surface area contributed by atoms with Crippen molar-refractivity contribution < 1.29 is 4.39 Å². The smallest absolute Gasteiger partial charge is 0.126 e. The van der Waals surface area contributed by atoms with Crippen LogP contribution in [0, 0.1) is 5.82 Å². The fourth-order valence-electron chi connectivity index (χ4n) is 3.93. The van der Waals surface area contributed by atoms with E-state index in [0.717, 1.165) is 53.9 Å². The van der Waals surface area contributed by atoms with Gasteiger partial charge in [0.25, 0.3) is 0 Å². The van der Waals surface area contributed by atoms with Gasteiger partial charge in [0.1, 0.15) is 11.6 Å². The van der Waals surface area contributed by atoms with Crippen molar-refractivity contribution in [3.05, 3.63) is 71.1 Å². The summed E-state index contributed by atoms with van der Waals surface area (Å²) in [6.07, 6.45) is 5.80. The standard InChI is InChI=1S/C24H27ClFN5/c25-21-14-30-24(31-19-7-5-18(27)6-8-19)12-20(21)16-4-9-22(28)23(11-16)29-13-15-2-1-3-17(26)10-15/h1-4,9-12,14,18-19,29H,5-8,13,27-28H2,(H,30,31). The molecule has 0 radical (unpaired) electrons. The minimum absolute atomic E-state index is 0.260. The van der Waals surface area contributed by atoms with Gasteiger partial charge in [-0.05, 0) is 67.1 Å². The van der Waals surface area contributed by atoms with Gasteiger partial charge in [0, 0.05) is 30.4 Å². The van der Waals surface area contributed by atoms with E-state index in [1.54, 1.807) is 12.3 Å². The second-order valence-corrected chi connectivity index (χ2v) is 8.50. The molecule has 1 heterocycles. The van der Waals surface area contributed by atoms with E-state index in [1.807, 2.05) is 30.3 Å². The first-order chi connectivity index (χ1) is 15.0. The maximum Gasteiger partial charge on any atom is 0.126 e. The van der Waals surface area contributed by atoms with Crippen molar-refractivity contribution in [3.8, 4) is 11.1 Å². The zero-order valence-corrected chi connectivity index (χ0v) is 18.0. The lowest BCUT2D eigenvalue weighted by Crippen LogP contribution is -2.33. The summed E-state index contributed by atoms with van der Waals surface area (Å²) in [4.78, 5) is 4.45. The summed E-state index contributed by atoms with van der Waals surface area (Å²) in [6, 6.07) is 14.9. The first-order valence-corrected chi connectivity index (χ1v) is 10.9. The highest BCUT2D eigenvalue weighted by Crippen LogP contribution is 2.34. The Morgan fingerprint density at radius 3 is 2.65 bits per heavy atom. The van der Waals surface area contributed by atoms with Gasteiger partial charge >= 0.3 is 0 Å². The first-order valence-electron chi connectivity index (χ1n) is 10.5. The molecule has 3 aromatic rings. The van der Waals surface area contributed by atoms with Crippen molar-refractivity contribution in [2.24, 2.45) is 5.73 Å². The molecule has 0 bridgehead atoms. The van der Waals surface area contributed by atoms with Crippen LogP contribution in [0.3, 0.4) is 0 Å². The number of hydrogen-bond acceptors (Lipinski definition) is 5. The van der Waals surface area contributed by atoms with Crippen molar-refractivity contribution in [1.82, 2.24) is 4.98 Å². The summed E-state index contributed by atoms with van der Waals surface area (Å²) in [5.74, 6) is 0.538. The van der Waals surface area contributed by atoms with E-state index in [1.165, 1.54) is 12.1 Å². The second-order valence-electron chi connectivity index (χ2n) is 8.09. The summed E-state index contributed by atoms with van der Waals surface area (Å²) in [5.41, 5.74) is 16.2. The fraction of sp³-hybridized carbons (Fsp3) is 0.292. The monoisotopic (exact) mass is 439 g/mol. The molecule has 5 nitrogen and oxygen atoms in total. The van der Waals surface area contributed by atoms with Crippen LogP contribution in [-0.4, -0.2) is 17.1 Å². The van der Waals surface area contributed by atoms with Crippen molar-refractivity contribution in [2.75, 3.05) is 16.4 Å². The van der Waals surface area contributed by atoms with Crippen LogP contribution in [0.2, 0.25) is 5.02 Å². The molecule has 0 aliphatic heterocycles. The van der Waals surface area contributed by atoms with Crippen LogP contribution in [0.4, 0.5) is 21.6 Å². The highest BCUT2D eigenvalue weighted by molar-refractivity contribution is 6.33. The van der Waals surface area contributed by atoms with E-state index in [-0.39, 0.29) is 5.82 Å². The number of halogens is 2. The SMILES string of the molecule is Nc1ccc(-c2cc(NC3CCC(N)CC3)ncc2Cl)cc1NCc1cccc(F)c1. The number of nitrogens with zero attached hydrogens (tertiary/aromatic N) is 1. The molecule has 1 aliphatic carbocycles. The Labute approximate surface area is 187 Å². The number of rotatable bonds is 6. The van der Waals surface area contributed by atoms with E-state index in [0.29, 0.717) is 29.3 Å². The molecule has 0 unspecified atom stereocenters. The zero-order valence-electron chi connectivity index (χ0n) is 17.2. The van der Waals surface area contributed by atoms with Gasteiger partial charge in [-0.3, -0.25) is 0 Å². The Kier molecular flexibility index (Phi) is 6.59. The number of aromatic nitrogens is 1. The van der Waals surface area contributed by atoms with Gasteiger partial charge in [0.15, 0.2) is 0 Å². The maximum absolute atomic E-state index is 13.4. The first kappa shape index (κ1) is 21.4. The number of pyridine rings is 1. The third-order valence-electron chi connectivity index (χ3n) is 5.72. The number of anilines is 3. The molecule has 0 spiro atoms. The van der Waals surface area contributed by atoms with Crippen LogP contribution in [0.1, 0.15) is 31.2 Å². The average molecular weight is 440 g/mol. The third-order valence-corrected chi connectivity index (χ3v) is 6.02. The van der Waals surface area contributed by atoms with E-state index < -0.39 is 0 Å². The molecule has 0 amide bonds. The van der Waals surface area contributed by atoms with E-state index in [4.69, 9.17) is 23.1 Å². The molecule has 1 aromatic heterocycles. The molecule has 6 N–H and O–H groups in total. The molecule has 4 rings (SSSR count). The average Bonchev–Trinajstić information content (AvgIpc) is 2.76. The lowest BCUT2D eigenvalue weighted by Gasteiger charge is -2.27. The molecule has 1 saturated carbocycles. The molecular weight excluding hydrogens is 413 g/mol. The molecule has 7 heteroatoms. The molecule has 2 aromatic carbocycles. The molecule has 0 saturated heterocycles. The van der Waals surface area contributed by atoms with Crippen molar-refractivity contribution in [1.29, 1.82) is 0 Å². The van der Waals surface area contributed by atoms with Gasteiger partial charge in [-0.2, -0.15) is 0 Å². The van der Waals surface area contributed by atoms with E-state index >= 15 is 0 Å². The van der Waals surface area contributed by atoms with E-state index in [2.05, 4.69) is 15.6 Å². The van der Waals surface area contributed by atoms with Gasteiger partial charge in [-0.25, -0.2) is 9.37 Å². The number of nitrogens with one attached hydrogen (secondary N) is 2. The Bertz CT molecular complexity index is 1050. The predicted molar refractivity (Wildman–Crippen MR) is 127 cm³/mol. The quantitative estimate of drug-likeness (QED) is 0.385. The molecule has 0 atom stereocenters. The van der Waals surface area contributed by atoms with Crippen LogP contribution in [0.15, 0.2) is 54.7 Å².